The topological polar surface area (TPSA) is 63.2 Å². The highest BCUT2D eigenvalue weighted by Gasteiger charge is 2.11. The zero-order valence-corrected chi connectivity index (χ0v) is 11.8. The van der Waals surface area contributed by atoms with Gasteiger partial charge >= 0.3 is 5.97 Å². The predicted molar refractivity (Wildman–Crippen MR) is 65.0 cm³/mol. The van der Waals surface area contributed by atoms with Crippen LogP contribution >= 0.6 is 0 Å². The molecule has 108 valence electrons. The van der Waals surface area contributed by atoms with Crippen LogP contribution in [0.1, 0.15) is 27.7 Å². The van der Waals surface area contributed by atoms with Gasteiger partial charge in [0.1, 0.15) is 6.10 Å². The molecule has 6 heteroatoms. The summed E-state index contributed by atoms with van der Waals surface area (Å²) in [6.07, 6.45) is -0.337. The maximum atomic E-state index is 10.5. The van der Waals surface area contributed by atoms with E-state index < -0.39 is 5.97 Å². The van der Waals surface area contributed by atoms with E-state index in [1.807, 2.05) is 13.8 Å². The van der Waals surface area contributed by atoms with E-state index in [0.29, 0.717) is 19.8 Å². The fraction of sp³-hybridized carbons (Fsp3) is 0.917. The van der Waals surface area contributed by atoms with Gasteiger partial charge in [-0.3, -0.25) is 4.89 Å². The van der Waals surface area contributed by atoms with Gasteiger partial charge in [0.05, 0.1) is 32.0 Å². The van der Waals surface area contributed by atoms with Crippen LogP contribution in [-0.2, 0) is 28.8 Å². The summed E-state index contributed by atoms with van der Waals surface area (Å²) in [6.45, 7) is 8.23. The molecule has 0 aliphatic rings. The summed E-state index contributed by atoms with van der Waals surface area (Å²) in [4.78, 5) is 19.7. The number of hydrogen-bond donors (Lipinski definition) is 0. The molecule has 0 aliphatic carbocycles. The summed E-state index contributed by atoms with van der Waals surface area (Å²) >= 11 is 0. The van der Waals surface area contributed by atoms with E-state index in [0.717, 1.165) is 0 Å². The second kappa shape index (κ2) is 10.3. The van der Waals surface area contributed by atoms with Crippen molar-refractivity contribution in [2.24, 2.45) is 0 Å². The molecule has 6 nitrogen and oxygen atoms in total. The maximum Gasteiger partial charge on any atom is 0.339 e. The van der Waals surface area contributed by atoms with Gasteiger partial charge in [-0.2, -0.15) is 4.89 Å². The third kappa shape index (κ3) is 10.5. The number of methoxy groups -OCH3 is 1. The molecule has 0 rings (SSSR count). The van der Waals surface area contributed by atoms with E-state index in [-0.39, 0.29) is 18.3 Å². The molecule has 0 aliphatic heterocycles. The average molecular weight is 264 g/mol. The van der Waals surface area contributed by atoms with Crippen LogP contribution in [0.4, 0.5) is 0 Å². The van der Waals surface area contributed by atoms with Crippen LogP contribution in [-0.4, -0.2) is 51.2 Å². The molecule has 0 bridgehead atoms. The Hall–Kier alpha value is -0.690. The fourth-order valence-electron chi connectivity index (χ4n) is 1.11. The summed E-state index contributed by atoms with van der Waals surface area (Å²) in [5.74, 6) is -0.480. The van der Waals surface area contributed by atoms with Crippen LogP contribution in [0.3, 0.4) is 0 Å². The molecule has 0 saturated carbocycles. The molecule has 0 fully saturated rings. The lowest BCUT2D eigenvalue weighted by atomic mass is 10.4. The monoisotopic (exact) mass is 264 g/mol. The Bertz CT molecular complexity index is 221. The summed E-state index contributed by atoms with van der Waals surface area (Å²) in [7, 11) is 1.63. The van der Waals surface area contributed by atoms with Crippen molar-refractivity contribution >= 4 is 5.97 Å². The van der Waals surface area contributed by atoms with Gasteiger partial charge in [0.2, 0.25) is 0 Å². The molecule has 0 heterocycles. The molecule has 0 aromatic rings. The SMILES string of the molecule is COCC(C)OCC(C)OCC(C)OOC(C)=O. The average Bonchev–Trinajstić information content (AvgIpc) is 2.31. The first kappa shape index (κ1) is 17.3. The first-order valence-corrected chi connectivity index (χ1v) is 6.01. The molecule has 0 saturated heterocycles. The van der Waals surface area contributed by atoms with Crippen LogP contribution in [0.25, 0.3) is 0 Å². The fourth-order valence-corrected chi connectivity index (χ4v) is 1.11. The van der Waals surface area contributed by atoms with Crippen LogP contribution in [0.5, 0.6) is 0 Å². The summed E-state index contributed by atoms with van der Waals surface area (Å²) in [6, 6.07) is 0. The van der Waals surface area contributed by atoms with Crippen molar-refractivity contribution in [2.75, 3.05) is 26.9 Å². The molecule has 0 aromatic heterocycles. The zero-order valence-electron chi connectivity index (χ0n) is 11.8. The van der Waals surface area contributed by atoms with Gasteiger partial charge in [-0.15, -0.1) is 0 Å². The summed E-state index contributed by atoms with van der Waals surface area (Å²) < 4.78 is 15.9. The van der Waals surface area contributed by atoms with Crippen LogP contribution in [0.2, 0.25) is 0 Å². The predicted octanol–water partition coefficient (Wildman–Crippen LogP) is 1.33. The van der Waals surface area contributed by atoms with E-state index in [2.05, 4.69) is 4.89 Å². The van der Waals surface area contributed by atoms with E-state index >= 15 is 0 Å². The highest BCUT2D eigenvalue weighted by atomic mass is 17.2. The minimum atomic E-state index is -0.480. The Morgan fingerprint density at radius 2 is 1.44 bits per heavy atom. The van der Waals surface area contributed by atoms with Gasteiger partial charge in [0, 0.05) is 14.0 Å². The molecule has 0 radical (unpaired) electrons. The quantitative estimate of drug-likeness (QED) is 0.438. The lowest BCUT2D eigenvalue weighted by Crippen LogP contribution is -2.26. The highest BCUT2D eigenvalue weighted by Crippen LogP contribution is 2.00. The smallest absolute Gasteiger partial charge is 0.339 e. The third-order valence-electron chi connectivity index (χ3n) is 1.96. The number of carbonyl (C=O) groups is 1. The van der Waals surface area contributed by atoms with E-state index in [1.165, 1.54) is 6.92 Å². The lowest BCUT2D eigenvalue weighted by molar-refractivity contribution is -0.300. The summed E-state index contributed by atoms with van der Waals surface area (Å²) in [5, 5.41) is 0. The number of hydrogen-bond acceptors (Lipinski definition) is 6. The molecule has 18 heavy (non-hydrogen) atoms. The van der Waals surface area contributed by atoms with Crippen molar-refractivity contribution in [1.82, 2.24) is 0 Å². The molecule has 0 amide bonds. The zero-order chi connectivity index (χ0) is 14.0. The van der Waals surface area contributed by atoms with Gasteiger partial charge in [0.15, 0.2) is 0 Å². The van der Waals surface area contributed by atoms with Crippen molar-refractivity contribution in [3.63, 3.8) is 0 Å². The van der Waals surface area contributed by atoms with Crippen molar-refractivity contribution in [3.8, 4) is 0 Å². The van der Waals surface area contributed by atoms with E-state index in [4.69, 9.17) is 19.1 Å². The third-order valence-corrected chi connectivity index (χ3v) is 1.96. The maximum absolute atomic E-state index is 10.5. The van der Waals surface area contributed by atoms with Gasteiger partial charge in [-0.25, -0.2) is 4.79 Å². The second-order valence-corrected chi connectivity index (χ2v) is 4.23. The van der Waals surface area contributed by atoms with Gasteiger partial charge in [0.25, 0.3) is 0 Å². The molecular formula is C12H24O6. The van der Waals surface area contributed by atoms with Gasteiger partial charge < -0.3 is 14.2 Å². The molecule has 3 unspecified atom stereocenters. The Kier molecular flexibility index (Phi) is 9.86. The van der Waals surface area contributed by atoms with Crippen LogP contribution in [0.15, 0.2) is 0 Å². The molecule has 0 aromatic carbocycles. The highest BCUT2D eigenvalue weighted by molar-refractivity contribution is 5.65. The van der Waals surface area contributed by atoms with Crippen LogP contribution < -0.4 is 0 Å². The minimum absolute atomic E-state index is 0.0377. The van der Waals surface area contributed by atoms with Crippen molar-refractivity contribution in [2.45, 2.75) is 46.0 Å². The normalized spacial score (nSPS) is 16.1. The standard InChI is InChI=1S/C12H24O6/c1-9(6-14-5)15-7-10(2)16-8-11(3)17-18-12(4)13/h9-11H,6-8H2,1-5H3. The molecular weight excluding hydrogens is 240 g/mol. The number of rotatable bonds is 10. The Balaban J connectivity index is 3.56. The van der Waals surface area contributed by atoms with E-state index in [9.17, 15) is 4.79 Å². The van der Waals surface area contributed by atoms with Crippen LogP contribution in [0, 0.1) is 0 Å². The largest absolute Gasteiger partial charge is 0.382 e. The van der Waals surface area contributed by atoms with Crippen molar-refractivity contribution in [3.05, 3.63) is 0 Å². The molecule has 3 atom stereocenters. The Morgan fingerprint density at radius 3 is 1.94 bits per heavy atom. The number of carbonyl (C=O) groups excluding carboxylic acids is 1. The molecule has 0 N–H and O–H groups in total. The Morgan fingerprint density at radius 1 is 0.944 bits per heavy atom. The second-order valence-electron chi connectivity index (χ2n) is 4.23. The summed E-state index contributed by atoms with van der Waals surface area (Å²) in [5.41, 5.74) is 0. The van der Waals surface area contributed by atoms with Crippen molar-refractivity contribution in [1.29, 1.82) is 0 Å². The van der Waals surface area contributed by atoms with E-state index in [1.54, 1.807) is 14.0 Å². The van der Waals surface area contributed by atoms with Gasteiger partial charge in [-0.1, -0.05) is 0 Å². The van der Waals surface area contributed by atoms with Crippen molar-refractivity contribution < 1.29 is 28.8 Å². The minimum Gasteiger partial charge on any atom is -0.382 e. The lowest BCUT2D eigenvalue weighted by Gasteiger charge is -2.18. The first-order valence-electron chi connectivity index (χ1n) is 6.01. The molecule has 0 spiro atoms. The van der Waals surface area contributed by atoms with Gasteiger partial charge in [-0.05, 0) is 20.8 Å². The Labute approximate surface area is 108 Å². The number of ether oxygens (including phenoxy) is 3. The first-order chi connectivity index (χ1) is 8.45.